The van der Waals surface area contributed by atoms with Crippen LogP contribution in [0.1, 0.15) is 5.76 Å². The van der Waals surface area contributed by atoms with E-state index in [0.29, 0.717) is 0 Å². The lowest BCUT2D eigenvalue weighted by molar-refractivity contribution is 0.409. The Hall–Kier alpha value is -2.62. The molecule has 0 N–H and O–H groups in total. The lowest BCUT2D eigenvalue weighted by atomic mass is 10.2. The molecule has 1 aromatic heterocycles. The quantitative estimate of drug-likeness (QED) is 0.297. The second-order valence-corrected chi connectivity index (χ2v) is 6.42. The van der Waals surface area contributed by atoms with Gasteiger partial charge in [0.1, 0.15) is 17.3 Å². The Labute approximate surface area is 137 Å². The minimum absolute atomic E-state index is 0.335. The third kappa shape index (κ3) is 2.72. The summed E-state index contributed by atoms with van der Waals surface area (Å²) < 4.78 is 102. The lowest BCUT2D eigenvalue weighted by Crippen LogP contribution is -2.11. The molecule has 0 spiro atoms. The Bertz CT molecular complexity index is 1090. The summed E-state index contributed by atoms with van der Waals surface area (Å²) in [7, 11) is -4.82. The van der Waals surface area contributed by atoms with Crippen LogP contribution in [0.15, 0.2) is 33.6 Å². The highest BCUT2D eigenvalue weighted by Crippen LogP contribution is 2.37. The van der Waals surface area contributed by atoms with Crippen LogP contribution in [-0.2, 0) is 10.1 Å². The number of hydrogen-bond donors (Lipinski definition) is 0. The van der Waals surface area contributed by atoms with Gasteiger partial charge in [-0.15, -0.1) is 0 Å². The van der Waals surface area contributed by atoms with Gasteiger partial charge in [0, 0.05) is 0 Å². The summed E-state index contributed by atoms with van der Waals surface area (Å²) in [5.41, 5.74) is -1.10. The second-order valence-electron chi connectivity index (χ2n) is 4.94. The van der Waals surface area contributed by atoms with Crippen molar-refractivity contribution >= 4 is 21.1 Å². The van der Waals surface area contributed by atoms with E-state index in [9.17, 15) is 30.4 Å². The van der Waals surface area contributed by atoms with Crippen LogP contribution < -0.4 is 4.18 Å². The second kappa shape index (κ2) is 5.73. The van der Waals surface area contributed by atoms with Crippen LogP contribution in [0.3, 0.4) is 0 Å². The first kappa shape index (κ1) is 17.2. The molecule has 1 heterocycles. The van der Waals surface area contributed by atoms with E-state index < -0.39 is 60.8 Å². The van der Waals surface area contributed by atoms with Gasteiger partial charge in [0.25, 0.3) is 0 Å². The molecule has 0 radical (unpaired) electrons. The van der Waals surface area contributed by atoms with Crippen LogP contribution in [0.4, 0.5) is 22.0 Å². The first-order valence-electron chi connectivity index (χ1n) is 6.58. The van der Waals surface area contributed by atoms with Crippen LogP contribution in [0, 0.1) is 36.0 Å². The topological polar surface area (TPSA) is 56.5 Å². The fourth-order valence-corrected chi connectivity index (χ4v) is 3.52. The van der Waals surface area contributed by atoms with Gasteiger partial charge in [-0.05, 0) is 31.2 Å². The Morgan fingerprint density at radius 2 is 1.44 bits per heavy atom. The van der Waals surface area contributed by atoms with Crippen molar-refractivity contribution in [2.45, 2.75) is 11.8 Å². The van der Waals surface area contributed by atoms with E-state index in [-0.39, 0.29) is 5.75 Å². The van der Waals surface area contributed by atoms with Crippen molar-refractivity contribution in [2.24, 2.45) is 0 Å². The van der Waals surface area contributed by atoms with Gasteiger partial charge in [-0.2, -0.15) is 12.8 Å². The van der Waals surface area contributed by atoms with E-state index in [4.69, 9.17) is 8.60 Å². The fraction of sp³-hybridized carbons (Fsp3) is 0.0667. The third-order valence-electron chi connectivity index (χ3n) is 3.30. The molecule has 2 aromatic carbocycles. The number of fused-ring (bicyclic) bond motifs is 1. The summed E-state index contributed by atoms with van der Waals surface area (Å²) in [6.45, 7) is 1.02. The molecule has 25 heavy (non-hydrogen) atoms. The van der Waals surface area contributed by atoms with Gasteiger partial charge in [-0.3, -0.25) is 0 Å². The Morgan fingerprint density at radius 3 is 2.04 bits per heavy atom. The molecular weight excluding hydrogens is 371 g/mol. The summed E-state index contributed by atoms with van der Waals surface area (Å²) >= 11 is 0. The van der Waals surface area contributed by atoms with Crippen molar-refractivity contribution in [3.8, 4) is 5.75 Å². The van der Waals surface area contributed by atoms with Gasteiger partial charge in [0.05, 0.1) is 5.39 Å². The highest BCUT2D eigenvalue weighted by Gasteiger charge is 2.34. The summed E-state index contributed by atoms with van der Waals surface area (Å²) in [5, 5.41) is -1.11. The molecule has 0 saturated carbocycles. The normalized spacial score (nSPS) is 11.9. The molecule has 0 saturated heterocycles. The molecule has 0 unspecified atom stereocenters. The van der Waals surface area contributed by atoms with Crippen LogP contribution in [0.2, 0.25) is 0 Å². The van der Waals surface area contributed by atoms with E-state index >= 15 is 0 Å². The molecule has 0 fully saturated rings. The van der Waals surface area contributed by atoms with E-state index in [0.717, 1.165) is 31.2 Å². The maximum Gasteiger partial charge on any atom is 0.343 e. The Balaban J connectivity index is 2.24. The molecule has 132 valence electrons. The molecule has 0 atom stereocenters. The maximum atomic E-state index is 14.0. The van der Waals surface area contributed by atoms with E-state index in [2.05, 4.69) is 0 Å². The largest absolute Gasteiger partial charge is 0.456 e. The Kier molecular flexibility index (Phi) is 3.94. The highest BCUT2D eigenvalue weighted by molar-refractivity contribution is 7.87. The van der Waals surface area contributed by atoms with Crippen LogP contribution in [0.5, 0.6) is 5.75 Å². The summed E-state index contributed by atoms with van der Waals surface area (Å²) in [4.78, 5) is -0.998. The van der Waals surface area contributed by atoms with Crippen molar-refractivity contribution < 1.29 is 39.0 Å². The number of benzene rings is 2. The van der Waals surface area contributed by atoms with Crippen molar-refractivity contribution in [3.63, 3.8) is 0 Å². The minimum atomic E-state index is -4.82. The molecule has 0 aliphatic rings. The zero-order chi connectivity index (χ0) is 18.5. The lowest BCUT2D eigenvalue weighted by Gasteiger charge is -2.07. The van der Waals surface area contributed by atoms with Gasteiger partial charge < -0.3 is 8.60 Å². The van der Waals surface area contributed by atoms with Gasteiger partial charge in [0.15, 0.2) is 22.1 Å². The molecule has 0 bridgehead atoms. The third-order valence-corrected chi connectivity index (χ3v) is 4.70. The summed E-state index contributed by atoms with van der Waals surface area (Å²) in [5.74, 6) is -9.68. The van der Waals surface area contributed by atoms with Crippen LogP contribution in [0.25, 0.3) is 11.0 Å². The van der Waals surface area contributed by atoms with Gasteiger partial charge in [-0.1, -0.05) is 0 Å². The number of furan rings is 1. The SMILES string of the molecule is Cc1oc2c(F)c(F)c(F)c(F)c2c1S(=O)(=O)Oc1ccc(F)cc1. The molecule has 0 aliphatic heterocycles. The summed E-state index contributed by atoms with van der Waals surface area (Å²) in [6.07, 6.45) is 0. The van der Waals surface area contributed by atoms with Gasteiger partial charge in [-0.25, -0.2) is 17.6 Å². The summed E-state index contributed by atoms with van der Waals surface area (Å²) in [6, 6.07) is 3.75. The first-order valence-corrected chi connectivity index (χ1v) is 7.99. The predicted octanol–water partition coefficient (Wildman–Crippen LogP) is 4.20. The molecule has 0 amide bonds. The molecule has 10 heteroatoms. The molecular formula is C15H7F5O4S. The maximum absolute atomic E-state index is 14.0. The molecule has 3 aromatic rings. The molecule has 0 aliphatic carbocycles. The standard InChI is InChI=1S/C15H7F5O4S/c1-6-15(25(21,22)24-8-4-2-7(16)3-5-8)9-10(17)11(18)12(19)13(20)14(9)23-6/h2-5H,1H3. The zero-order valence-corrected chi connectivity index (χ0v) is 13.1. The van der Waals surface area contributed by atoms with Crippen molar-refractivity contribution in [1.29, 1.82) is 0 Å². The number of rotatable bonds is 3. The fourth-order valence-electron chi connectivity index (χ4n) is 2.25. The Morgan fingerprint density at radius 1 is 0.880 bits per heavy atom. The number of halogens is 5. The smallest absolute Gasteiger partial charge is 0.343 e. The van der Waals surface area contributed by atoms with Crippen LogP contribution in [-0.4, -0.2) is 8.42 Å². The van der Waals surface area contributed by atoms with Crippen molar-refractivity contribution in [3.05, 3.63) is 59.1 Å². The number of aryl methyl sites for hydroxylation is 1. The zero-order valence-electron chi connectivity index (χ0n) is 12.2. The van der Waals surface area contributed by atoms with Crippen LogP contribution >= 0.6 is 0 Å². The van der Waals surface area contributed by atoms with Gasteiger partial charge >= 0.3 is 10.1 Å². The monoisotopic (exact) mass is 378 g/mol. The van der Waals surface area contributed by atoms with E-state index in [1.54, 1.807) is 0 Å². The van der Waals surface area contributed by atoms with E-state index in [1.807, 2.05) is 0 Å². The van der Waals surface area contributed by atoms with Crippen molar-refractivity contribution in [2.75, 3.05) is 0 Å². The van der Waals surface area contributed by atoms with Crippen molar-refractivity contribution in [1.82, 2.24) is 0 Å². The molecule has 3 rings (SSSR count). The predicted molar refractivity (Wildman–Crippen MR) is 75.0 cm³/mol. The average molecular weight is 378 g/mol. The molecule has 4 nitrogen and oxygen atoms in total. The van der Waals surface area contributed by atoms with Gasteiger partial charge in [0.2, 0.25) is 11.6 Å². The average Bonchev–Trinajstić information content (AvgIpc) is 2.91. The number of hydrogen-bond acceptors (Lipinski definition) is 4. The highest BCUT2D eigenvalue weighted by atomic mass is 32.2. The first-order chi connectivity index (χ1) is 11.6. The minimum Gasteiger partial charge on any atom is -0.456 e. The van der Waals surface area contributed by atoms with E-state index in [1.165, 1.54) is 0 Å².